The summed E-state index contributed by atoms with van der Waals surface area (Å²) < 4.78 is 31.7. The molecule has 0 heterocycles. The molecule has 0 radical (unpaired) electrons. The molecule has 0 aliphatic rings. The van der Waals surface area contributed by atoms with E-state index in [1.807, 2.05) is 13.8 Å². The molecule has 0 aliphatic heterocycles. The third kappa shape index (κ3) is 3.64. The topological polar surface area (TPSA) is 72.6 Å². The first-order chi connectivity index (χ1) is 9.36. The smallest absolute Gasteiger partial charge is 0.243 e. The van der Waals surface area contributed by atoms with Crippen LogP contribution in [0.15, 0.2) is 23.1 Å². The van der Waals surface area contributed by atoms with E-state index in [2.05, 4.69) is 6.92 Å². The van der Waals surface area contributed by atoms with Gasteiger partial charge in [0.1, 0.15) is 5.75 Å². The Morgan fingerprint density at radius 1 is 1.35 bits per heavy atom. The van der Waals surface area contributed by atoms with Gasteiger partial charge in [-0.15, -0.1) is 0 Å². The maximum atomic E-state index is 12.6. The van der Waals surface area contributed by atoms with Crippen LogP contribution in [-0.4, -0.2) is 32.9 Å². The van der Waals surface area contributed by atoms with Crippen molar-refractivity contribution in [1.82, 2.24) is 4.31 Å². The molecule has 0 fully saturated rings. The molecule has 5 nitrogen and oxygen atoms in total. The molecule has 1 unspecified atom stereocenters. The summed E-state index contributed by atoms with van der Waals surface area (Å²) in [6.45, 7) is 6.89. The zero-order chi connectivity index (χ0) is 15.3. The lowest BCUT2D eigenvalue weighted by molar-refractivity contribution is 0.361. The van der Waals surface area contributed by atoms with Gasteiger partial charge in [0.25, 0.3) is 0 Å². The maximum Gasteiger partial charge on any atom is 0.243 e. The second-order valence-corrected chi connectivity index (χ2v) is 6.81. The average Bonchev–Trinajstić information content (AvgIpc) is 2.43. The number of nitrogens with zero attached hydrogens (tertiary/aromatic N) is 1. The number of nitrogen functional groups attached to an aromatic ring is 1. The van der Waals surface area contributed by atoms with Gasteiger partial charge in [0, 0.05) is 13.1 Å². The second kappa shape index (κ2) is 6.95. The van der Waals surface area contributed by atoms with Crippen LogP contribution in [0.1, 0.15) is 27.2 Å². The fraction of sp³-hybridized carbons (Fsp3) is 0.571. The molecule has 1 atom stereocenters. The van der Waals surface area contributed by atoms with E-state index in [-0.39, 0.29) is 4.90 Å². The van der Waals surface area contributed by atoms with Crippen LogP contribution in [0.25, 0.3) is 0 Å². The molecule has 0 saturated carbocycles. The Kier molecular flexibility index (Phi) is 5.83. The van der Waals surface area contributed by atoms with E-state index in [1.165, 1.54) is 23.5 Å². The van der Waals surface area contributed by atoms with Crippen LogP contribution in [0.3, 0.4) is 0 Å². The Morgan fingerprint density at radius 2 is 2.00 bits per heavy atom. The van der Waals surface area contributed by atoms with Crippen LogP contribution >= 0.6 is 0 Å². The number of hydrogen-bond acceptors (Lipinski definition) is 4. The van der Waals surface area contributed by atoms with Crippen molar-refractivity contribution in [2.24, 2.45) is 5.92 Å². The monoisotopic (exact) mass is 300 g/mol. The Labute approximate surface area is 121 Å². The summed E-state index contributed by atoms with van der Waals surface area (Å²) in [7, 11) is -2.00. The van der Waals surface area contributed by atoms with Gasteiger partial charge in [-0.1, -0.05) is 27.2 Å². The lowest BCUT2D eigenvalue weighted by atomic mass is 10.1. The van der Waals surface area contributed by atoms with E-state index in [0.29, 0.717) is 30.4 Å². The predicted octanol–water partition coefficient (Wildman–Crippen LogP) is 2.33. The van der Waals surface area contributed by atoms with Gasteiger partial charge in [0.15, 0.2) is 0 Å². The van der Waals surface area contributed by atoms with Crippen LogP contribution in [-0.2, 0) is 10.0 Å². The van der Waals surface area contributed by atoms with E-state index in [4.69, 9.17) is 10.5 Å². The average molecular weight is 300 g/mol. The van der Waals surface area contributed by atoms with E-state index >= 15 is 0 Å². The van der Waals surface area contributed by atoms with Gasteiger partial charge in [0.2, 0.25) is 10.0 Å². The first kappa shape index (κ1) is 16.8. The largest absolute Gasteiger partial charge is 0.495 e. The maximum absolute atomic E-state index is 12.6. The van der Waals surface area contributed by atoms with Crippen LogP contribution in [0, 0.1) is 5.92 Å². The molecule has 0 saturated heterocycles. The van der Waals surface area contributed by atoms with Gasteiger partial charge in [-0.3, -0.25) is 0 Å². The van der Waals surface area contributed by atoms with Crippen molar-refractivity contribution in [3.05, 3.63) is 18.2 Å². The van der Waals surface area contributed by atoms with Gasteiger partial charge < -0.3 is 10.5 Å². The molecule has 0 amide bonds. The molecule has 0 aliphatic carbocycles. The molecule has 20 heavy (non-hydrogen) atoms. The molecule has 6 heteroatoms. The van der Waals surface area contributed by atoms with Crippen molar-refractivity contribution in [2.75, 3.05) is 25.9 Å². The zero-order valence-corrected chi connectivity index (χ0v) is 13.4. The number of sulfonamides is 1. The van der Waals surface area contributed by atoms with E-state index < -0.39 is 10.0 Å². The van der Waals surface area contributed by atoms with Crippen LogP contribution in [0.4, 0.5) is 5.69 Å². The fourth-order valence-electron chi connectivity index (χ4n) is 1.90. The summed E-state index contributed by atoms with van der Waals surface area (Å²) in [6.07, 6.45) is 0.941. The quantitative estimate of drug-likeness (QED) is 0.784. The number of nitrogens with two attached hydrogens (primary N) is 1. The van der Waals surface area contributed by atoms with Crippen molar-refractivity contribution in [1.29, 1.82) is 0 Å². The normalized spacial score (nSPS) is 13.4. The zero-order valence-electron chi connectivity index (χ0n) is 12.6. The van der Waals surface area contributed by atoms with E-state index in [0.717, 1.165) is 6.42 Å². The summed E-state index contributed by atoms with van der Waals surface area (Å²) in [5.41, 5.74) is 6.12. The summed E-state index contributed by atoms with van der Waals surface area (Å²) in [6, 6.07) is 4.57. The van der Waals surface area contributed by atoms with Crippen molar-refractivity contribution in [2.45, 2.75) is 32.1 Å². The SMILES string of the molecule is CCC(C)CN(CC)S(=O)(=O)c1ccc(OC)c(N)c1. The molecular weight excluding hydrogens is 276 g/mol. The Hall–Kier alpha value is -1.27. The summed E-state index contributed by atoms with van der Waals surface area (Å²) in [5, 5.41) is 0. The van der Waals surface area contributed by atoms with Crippen molar-refractivity contribution < 1.29 is 13.2 Å². The van der Waals surface area contributed by atoms with Crippen molar-refractivity contribution in [3.8, 4) is 5.75 Å². The first-order valence-electron chi connectivity index (χ1n) is 6.80. The highest BCUT2D eigenvalue weighted by Crippen LogP contribution is 2.26. The highest BCUT2D eigenvalue weighted by Gasteiger charge is 2.24. The molecule has 1 rings (SSSR count). The van der Waals surface area contributed by atoms with Crippen LogP contribution < -0.4 is 10.5 Å². The van der Waals surface area contributed by atoms with Gasteiger partial charge >= 0.3 is 0 Å². The van der Waals surface area contributed by atoms with Crippen LogP contribution in [0.2, 0.25) is 0 Å². The minimum atomic E-state index is -3.51. The molecule has 0 spiro atoms. The van der Waals surface area contributed by atoms with Crippen LogP contribution in [0.5, 0.6) is 5.75 Å². The van der Waals surface area contributed by atoms with Gasteiger partial charge in [-0.2, -0.15) is 4.31 Å². The lowest BCUT2D eigenvalue weighted by Crippen LogP contribution is -2.34. The predicted molar refractivity (Wildman–Crippen MR) is 81.3 cm³/mol. The highest BCUT2D eigenvalue weighted by molar-refractivity contribution is 7.89. The number of hydrogen-bond donors (Lipinski definition) is 1. The highest BCUT2D eigenvalue weighted by atomic mass is 32.2. The number of methoxy groups -OCH3 is 1. The number of rotatable bonds is 7. The summed E-state index contributed by atoms with van der Waals surface area (Å²) >= 11 is 0. The van der Waals surface area contributed by atoms with Gasteiger partial charge in [-0.25, -0.2) is 8.42 Å². The van der Waals surface area contributed by atoms with Gasteiger partial charge in [0.05, 0.1) is 17.7 Å². The van der Waals surface area contributed by atoms with E-state index in [1.54, 1.807) is 6.07 Å². The number of benzene rings is 1. The minimum Gasteiger partial charge on any atom is -0.495 e. The molecular formula is C14H24N2O3S. The Balaban J connectivity index is 3.10. The second-order valence-electron chi connectivity index (χ2n) is 4.87. The van der Waals surface area contributed by atoms with Crippen molar-refractivity contribution >= 4 is 15.7 Å². The lowest BCUT2D eigenvalue weighted by Gasteiger charge is -2.23. The Morgan fingerprint density at radius 3 is 2.45 bits per heavy atom. The summed E-state index contributed by atoms with van der Waals surface area (Å²) in [4.78, 5) is 0.209. The van der Waals surface area contributed by atoms with E-state index in [9.17, 15) is 8.42 Å². The molecule has 0 aromatic heterocycles. The van der Waals surface area contributed by atoms with Gasteiger partial charge in [-0.05, 0) is 24.1 Å². The third-order valence-electron chi connectivity index (χ3n) is 3.40. The standard InChI is InChI=1S/C14H24N2O3S/c1-5-11(3)10-16(6-2)20(17,18)12-7-8-14(19-4)13(15)9-12/h7-9,11H,5-6,10,15H2,1-4H3. The first-order valence-corrected chi connectivity index (χ1v) is 8.24. The third-order valence-corrected chi connectivity index (χ3v) is 5.34. The Bertz CT molecular complexity index is 543. The minimum absolute atomic E-state index is 0.209. The molecule has 0 bridgehead atoms. The molecule has 2 N–H and O–H groups in total. The fourth-order valence-corrected chi connectivity index (χ4v) is 3.50. The molecule has 114 valence electrons. The molecule has 1 aromatic rings. The number of anilines is 1. The molecule has 1 aromatic carbocycles. The number of ether oxygens (including phenoxy) is 1. The summed E-state index contributed by atoms with van der Waals surface area (Å²) in [5.74, 6) is 0.800. The van der Waals surface area contributed by atoms with Crippen molar-refractivity contribution in [3.63, 3.8) is 0 Å².